The Morgan fingerprint density at radius 1 is 1.50 bits per heavy atom. The van der Waals surface area contributed by atoms with Crippen molar-refractivity contribution < 1.29 is 4.79 Å². The molecule has 2 aromatic heterocycles. The molecule has 0 bridgehead atoms. The maximum atomic E-state index is 12.0. The van der Waals surface area contributed by atoms with Gasteiger partial charge >= 0.3 is 0 Å². The molecule has 0 aliphatic heterocycles. The van der Waals surface area contributed by atoms with Crippen LogP contribution in [0.3, 0.4) is 0 Å². The van der Waals surface area contributed by atoms with E-state index >= 15 is 0 Å². The van der Waals surface area contributed by atoms with Crippen molar-refractivity contribution >= 4 is 5.78 Å². The second-order valence-corrected chi connectivity index (χ2v) is 4.06. The Labute approximate surface area is 105 Å². The smallest absolute Gasteiger partial charge is 0.161 e. The average molecular weight is 248 g/mol. The molecule has 0 amide bonds. The largest absolute Gasteiger partial charge is 0.318 e. The number of hydrogen-bond acceptors (Lipinski definition) is 5. The van der Waals surface area contributed by atoms with Gasteiger partial charge in [-0.1, -0.05) is 0 Å². The SMILES string of the molecule is CCn1ncnc1CC(=O)C(N)c1cnn(C)c1. The molecule has 0 aromatic carbocycles. The molecule has 7 nitrogen and oxygen atoms in total. The lowest BCUT2D eigenvalue weighted by atomic mass is 10.1. The van der Waals surface area contributed by atoms with Crippen LogP contribution in [0, 0.1) is 0 Å². The van der Waals surface area contributed by atoms with Gasteiger partial charge in [0.25, 0.3) is 0 Å². The van der Waals surface area contributed by atoms with Crippen LogP contribution >= 0.6 is 0 Å². The van der Waals surface area contributed by atoms with Crippen LogP contribution < -0.4 is 5.73 Å². The molecule has 0 saturated carbocycles. The van der Waals surface area contributed by atoms with E-state index in [1.807, 2.05) is 6.92 Å². The highest BCUT2D eigenvalue weighted by Crippen LogP contribution is 2.12. The molecule has 0 aliphatic carbocycles. The summed E-state index contributed by atoms with van der Waals surface area (Å²) >= 11 is 0. The molecule has 1 unspecified atom stereocenters. The topological polar surface area (TPSA) is 91.6 Å². The van der Waals surface area contributed by atoms with Gasteiger partial charge in [0.05, 0.1) is 18.7 Å². The lowest BCUT2D eigenvalue weighted by Gasteiger charge is -2.08. The first kappa shape index (κ1) is 12.4. The number of nitrogens with zero attached hydrogens (tertiary/aromatic N) is 5. The van der Waals surface area contributed by atoms with Crippen LogP contribution in [0.1, 0.15) is 24.4 Å². The number of Topliss-reactive ketones (excluding diaryl/α,β-unsaturated/α-hetero) is 1. The molecule has 0 aliphatic rings. The highest BCUT2D eigenvalue weighted by atomic mass is 16.1. The molecule has 0 spiro atoms. The van der Waals surface area contributed by atoms with Crippen LogP contribution in [0.4, 0.5) is 0 Å². The molecular weight excluding hydrogens is 232 g/mol. The van der Waals surface area contributed by atoms with E-state index in [9.17, 15) is 4.79 Å². The molecule has 2 rings (SSSR count). The number of rotatable bonds is 5. The van der Waals surface area contributed by atoms with E-state index in [1.54, 1.807) is 28.8 Å². The third-order valence-electron chi connectivity index (χ3n) is 2.76. The summed E-state index contributed by atoms with van der Waals surface area (Å²) in [5.74, 6) is 0.549. The Hall–Kier alpha value is -2.02. The number of carbonyl (C=O) groups is 1. The summed E-state index contributed by atoms with van der Waals surface area (Å²) in [6, 6.07) is -0.666. The number of aromatic nitrogens is 5. The molecule has 2 heterocycles. The van der Waals surface area contributed by atoms with Gasteiger partial charge in [-0.2, -0.15) is 10.2 Å². The van der Waals surface area contributed by atoms with Crippen LogP contribution in [0.2, 0.25) is 0 Å². The molecule has 1 atom stereocenters. The highest BCUT2D eigenvalue weighted by Gasteiger charge is 2.19. The van der Waals surface area contributed by atoms with Gasteiger partial charge in [0.1, 0.15) is 12.2 Å². The molecule has 2 aromatic rings. The predicted molar refractivity (Wildman–Crippen MR) is 64.5 cm³/mol. The van der Waals surface area contributed by atoms with Gasteiger partial charge in [-0.15, -0.1) is 0 Å². The molecule has 7 heteroatoms. The number of aryl methyl sites for hydroxylation is 2. The lowest BCUT2D eigenvalue weighted by molar-refractivity contribution is -0.119. The van der Waals surface area contributed by atoms with E-state index in [1.165, 1.54) is 6.33 Å². The first-order valence-corrected chi connectivity index (χ1v) is 5.75. The minimum absolute atomic E-state index is 0.0919. The summed E-state index contributed by atoms with van der Waals surface area (Å²) in [6.45, 7) is 2.63. The van der Waals surface area contributed by atoms with Crippen LogP contribution in [0.15, 0.2) is 18.7 Å². The van der Waals surface area contributed by atoms with E-state index in [-0.39, 0.29) is 12.2 Å². The summed E-state index contributed by atoms with van der Waals surface area (Å²) in [4.78, 5) is 16.1. The molecule has 0 radical (unpaired) electrons. The molecule has 2 N–H and O–H groups in total. The van der Waals surface area contributed by atoms with Crippen molar-refractivity contribution in [3.8, 4) is 0 Å². The molecular formula is C11H16N6O. The molecule has 0 saturated heterocycles. The van der Waals surface area contributed by atoms with Crippen molar-refractivity contribution in [2.45, 2.75) is 25.9 Å². The fraction of sp³-hybridized carbons (Fsp3) is 0.455. The van der Waals surface area contributed by atoms with E-state index in [2.05, 4.69) is 15.2 Å². The van der Waals surface area contributed by atoms with Gasteiger partial charge < -0.3 is 5.73 Å². The molecule has 18 heavy (non-hydrogen) atoms. The summed E-state index contributed by atoms with van der Waals surface area (Å²) < 4.78 is 3.31. The zero-order valence-corrected chi connectivity index (χ0v) is 10.4. The van der Waals surface area contributed by atoms with Crippen LogP contribution in [-0.2, 0) is 24.8 Å². The molecule has 0 fully saturated rings. The van der Waals surface area contributed by atoms with Crippen molar-refractivity contribution in [1.29, 1.82) is 0 Å². The standard InChI is InChI=1S/C11H16N6O/c1-3-17-10(13-7-15-17)4-9(18)11(12)8-5-14-16(2)6-8/h5-7,11H,3-4,12H2,1-2H3. The maximum absolute atomic E-state index is 12.0. The average Bonchev–Trinajstić information content (AvgIpc) is 2.96. The molecule has 96 valence electrons. The van der Waals surface area contributed by atoms with Crippen molar-refractivity contribution in [3.63, 3.8) is 0 Å². The van der Waals surface area contributed by atoms with Gasteiger partial charge in [-0.25, -0.2) is 9.67 Å². The second-order valence-electron chi connectivity index (χ2n) is 4.06. The second kappa shape index (κ2) is 5.09. The zero-order chi connectivity index (χ0) is 13.1. The predicted octanol–water partition coefficient (Wildman–Crippen LogP) is -0.157. The number of carbonyl (C=O) groups excluding carboxylic acids is 1. The number of nitrogens with two attached hydrogens (primary N) is 1. The quantitative estimate of drug-likeness (QED) is 0.794. The summed E-state index contributed by atoms with van der Waals surface area (Å²) in [5, 5.41) is 8.02. The minimum Gasteiger partial charge on any atom is -0.318 e. The Morgan fingerprint density at radius 2 is 2.28 bits per heavy atom. The monoisotopic (exact) mass is 248 g/mol. The fourth-order valence-electron chi connectivity index (χ4n) is 1.74. The van der Waals surface area contributed by atoms with Crippen LogP contribution in [0.25, 0.3) is 0 Å². The lowest BCUT2D eigenvalue weighted by Crippen LogP contribution is -2.24. The van der Waals surface area contributed by atoms with Crippen LogP contribution in [-0.4, -0.2) is 30.3 Å². The Kier molecular flexibility index (Phi) is 3.52. The van der Waals surface area contributed by atoms with Gasteiger partial charge in [0.2, 0.25) is 0 Å². The minimum atomic E-state index is -0.666. The Balaban J connectivity index is 2.08. The van der Waals surface area contributed by atoms with Crippen molar-refractivity contribution in [2.24, 2.45) is 12.8 Å². The Morgan fingerprint density at radius 3 is 2.89 bits per heavy atom. The fourth-order valence-corrected chi connectivity index (χ4v) is 1.74. The first-order valence-electron chi connectivity index (χ1n) is 5.75. The van der Waals surface area contributed by atoms with Gasteiger partial charge in [-0.05, 0) is 6.92 Å². The maximum Gasteiger partial charge on any atom is 0.161 e. The van der Waals surface area contributed by atoms with Gasteiger partial charge in [0, 0.05) is 25.4 Å². The third kappa shape index (κ3) is 2.45. The van der Waals surface area contributed by atoms with Crippen LogP contribution in [0.5, 0.6) is 0 Å². The zero-order valence-electron chi connectivity index (χ0n) is 10.4. The summed E-state index contributed by atoms with van der Waals surface area (Å²) in [7, 11) is 1.79. The van der Waals surface area contributed by atoms with Crippen molar-refractivity contribution in [3.05, 3.63) is 30.1 Å². The van der Waals surface area contributed by atoms with Crippen molar-refractivity contribution in [1.82, 2.24) is 24.5 Å². The van der Waals surface area contributed by atoms with Crippen molar-refractivity contribution in [2.75, 3.05) is 0 Å². The van der Waals surface area contributed by atoms with Gasteiger partial charge in [0.15, 0.2) is 5.78 Å². The van der Waals surface area contributed by atoms with E-state index in [4.69, 9.17) is 5.73 Å². The first-order chi connectivity index (χ1) is 8.61. The third-order valence-corrected chi connectivity index (χ3v) is 2.76. The Bertz CT molecular complexity index is 543. The van der Waals surface area contributed by atoms with Gasteiger partial charge in [-0.3, -0.25) is 9.48 Å². The highest BCUT2D eigenvalue weighted by molar-refractivity contribution is 5.86. The number of hydrogen-bond donors (Lipinski definition) is 1. The summed E-state index contributed by atoms with van der Waals surface area (Å²) in [5.41, 5.74) is 6.61. The van der Waals surface area contributed by atoms with E-state index in [0.717, 1.165) is 0 Å². The van der Waals surface area contributed by atoms with E-state index in [0.29, 0.717) is 17.9 Å². The normalized spacial score (nSPS) is 12.6. The van der Waals surface area contributed by atoms with E-state index < -0.39 is 6.04 Å². The number of ketones is 1. The summed E-state index contributed by atoms with van der Waals surface area (Å²) in [6.07, 6.45) is 4.98.